The molecule has 0 amide bonds. The summed E-state index contributed by atoms with van der Waals surface area (Å²) in [6.07, 6.45) is 50.8. The Kier molecular flexibility index (Phi) is 37.7. The molecule has 0 aromatic carbocycles. The van der Waals surface area contributed by atoms with E-state index >= 15 is 0 Å². The summed E-state index contributed by atoms with van der Waals surface area (Å²) in [5.74, 6) is -0.914. The van der Waals surface area contributed by atoms with Crippen LogP contribution in [0.25, 0.3) is 0 Å². The lowest BCUT2D eigenvalue weighted by Gasteiger charge is -2.24. The number of carbonyl (C=O) groups excluding carboxylic acids is 2. The molecular weight excluding hydrogens is 750 g/mol. The molecule has 0 saturated heterocycles. The Bertz CT molecular complexity index is 1260. The van der Waals surface area contributed by atoms with Gasteiger partial charge in [-0.3, -0.25) is 18.6 Å². The van der Waals surface area contributed by atoms with Crippen LogP contribution < -0.4 is 0 Å². The number of carbonyl (C=O) groups is 2. The number of rotatable bonds is 39. The topological polar surface area (TPSA) is 108 Å². The maximum Gasteiger partial charge on any atom is 0.472 e. The molecule has 1 N–H and O–H groups in total. The molecule has 9 nitrogen and oxygen atoms in total. The summed E-state index contributed by atoms with van der Waals surface area (Å²) < 4.78 is 34.2. The molecule has 0 aliphatic rings. The summed E-state index contributed by atoms with van der Waals surface area (Å²) >= 11 is 0. The number of likely N-dealkylation sites (N-methyl/N-ethyl adjacent to an activating group) is 1. The van der Waals surface area contributed by atoms with E-state index in [0.29, 0.717) is 23.9 Å². The molecule has 0 aliphatic carbocycles. The molecule has 2 atom stereocenters. The lowest BCUT2D eigenvalue weighted by Crippen LogP contribution is -2.37. The zero-order chi connectivity index (χ0) is 42.8. The maximum atomic E-state index is 12.7. The third-order valence-electron chi connectivity index (χ3n) is 8.92. The quantitative estimate of drug-likeness (QED) is 0.0214. The highest BCUT2D eigenvalue weighted by Gasteiger charge is 2.27. The van der Waals surface area contributed by atoms with Gasteiger partial charge in [-0.1, -0.05) is 150 Å². The van der Waals surface area contributed by atoms with E-state index in [1.165, 1.54) is 44.9 Å². The molecule has 10 heteroatoms. The number of ether oxygens (including phenoxy) is 2. The first-order valence-electron chi connectivity index (χ1n) is 22.3. The van der Waals surface area contributed by atoms with Gasteiger partial charge in [-0.05, 0) is 77.0 Å². The molecule has 58 heavy (non-hydrogen) atoms. The monoisotopic (exact) mass is 833 g/mol. The zero-order valence-electron chi connectivity index (χ0n) is 37.2. The van der Waals surface area contributed by atoms with Crippen LogP contribution in [0.4, 0.5) is 0 Å². The number of nitrogens with zero attached hydrogens (tertiary/aromatic N) is 1. The van der Waals surface area contributed by atoms with E-state index < -0.39 is 32.5 Å². The molecule has 0 fully saturated rings. The molecule has 332 valence electrons. The molecule has 2 unspecified atom stereocenters. The average Bonchev–Trinajstić information content (AvgIpc) is 3.17. The second kappa shape index (κ2) is 39.6. The van der Waals surface area contributed by atoms with Gasteiger partial charge >= 0.3 is 19.8 Å². The molecule has 0 heterocycles. The number of hydrogen-bond donors (Lipinski definition) is 1. The van der Waals surface area contributed by atoms with Crippen LogP contribution in [-0.4, -0.2) is 74.9 Å². The lowest BCUT2D eigenvalue weighted by atomic mass is 10.1. The fraction of sp³-hybridized carbons (Fsp3) is 0.667. The molecule has 0 aliphatic heterocycles. The van der Waals surface area contributed by atoms with Crippen molar-refractivity contribution in [1.29, 1.82) is 0 Å². The molecule has 0 saturated carbocycles. The Morgan fingerprint density at radius 2 is 1.02 bits per heavy atom. The van der Waals surface area contributed by atoms with E-state index in [2.05, 4.69) is 86.8 Å². The van der Waals surface area contributed by atoms with Crippen molar-refractivity contribution in [2.24, 2.45) is 0 Å². The van der Waals surface area contributed by atoms with Crippen molar-refractivity contribution in [3.63, 3.8) is 0 Å². The van der Waals surface area contributed by atoms with E-state index in [-0.39, 0.29) is 26.1 Å². The summed E-state index contributed by atoms with van der Waals surface area (Å²) in [4.78, 5) is 35.3. The predicted molar refractivity (Wildman–Crippen MR) is 242 cm³/mol. The highest BCUT2D eigenvalue weighted by Crippen LogP contribution is 2.43. The Morgan fingerprint density at radius 1 is 0.552 bits per heavy atom. The number of phosphoric acid groups is 1. The van der Waals surface area contributed by atoms with Gasteiger partial charge < -0.3 is 18.9 Å². The molecule has 0 spiro atoms. The molecule has 0 aromatic heterocycles. The third kappa shape index (κ3) is 42.8. The van der Waals surface area contributed by atoms with E-state index in [9.17, 15) is 19.0 Å². The third-order valence-corrected chi connectivity index (χ3v) is 9.91. The number of quaternary nitrogens is 1. The van der Waals surface area contributed by atoms with Crippen LogP contribution in [0.1, 0.15) is 155 Å². The number of unbranched alkanes of at least 4 members (excludes halogenated alkanes) is 11. The van der Waals surface area contributed by atoms with E-state index in [1.807, 2.05) is 33.3 Å². The van der Waals surface area contributed by atoms with Gasteiger partial charge in [0, 0.05) is 12.8 Å². The van der Waals surface area contributed by atoms with Gasteiger partial charge in [-0.2, -0.15) is 0 Å². The molecule has 0 radical (unpaired) electrons. The van der Waals surface area contributed by atoms with Gasteiger partial charge in [0.15, 0.2) is 6.10 Å². The summed E-state index contributed by atoms with van der Waals surface area (Å²) in [5, 5.41) is 0. The molecule has 0 bridgehead atoms. The van der Waals surface area contributed by atoms with Crippen molar-refractivity contribution in [1.82, 2.24) is 0 Å². The Balaban J connectivity index is 4.52. The highest BCUT2D eigenvalue weighted by atomic mass is 31.2. The fourth-order valence-electron chi connectivity index (χ4n) is 5.44. The highest BCUT2D eigenvalue weighted by molar-refractivity contribution is 7.47. The van der Waals surface area contributed by atoms with E-state index in [1.54, 1.807) is 0 Å². The molecule has 0 aromatic rings. The maximum absolute atomic E-state index is 12.7. The van der Waals surface area contributed by atoms with Crippen LogP contribution in [-0.2, 0) is 32.7 Å². The lowest BCUT2D eigenvalue weighted by molar-refractivity contribution is -0.870. The van der Waals surface area contributed by atoms with Crippen LogP contribution >= 0.6 is 7.82 Å². The second-order valence-corrected chi connectivity index (χ2v) is 17.1. The number of phosphoric ester groups is 1. The summed E-state index contributed by atoms with van der Waals surface area (Å²) in [6.45, 7) is 4.19. The fourth-order valence-corrected chi connectivity index (χ4v) is 6.19. The number of hydrogen-bond acceptors (Lipinski definition) is 7. The first-order valence-corrected chi connectivity index (χ1v) is 23.8. The zero-order valence-corrected chi connectivity index (χ0v) is 38.1. The van der Waals surface area contributed by atoms with Crippen LogP contribution in [0.3, 0.4) is 0 Å². The normalized spacial score (nSPS) is 14.4. The minimum absolute atomic E-state index is 0.0125. The summed E-state index contributed by atoms with van der Waals surface area (Å²) in [7, 11) is 1.41. The SMILES string of the molecule is CC/C=C/C/C=C/C/C=C/C/C=C/C/C=C/C/C=C/CCC(=O)OC(COC(=O)CCCCCCC/C=C/CCCCCCCC)COP(=O)(O)OCC[N+](C)(C)C. The predicted octanol–water partition coefficient (Wildman–Crippen LogP) is 12.8. The Labute approximate surface area is 354 Å². The van der Waals surface area contributed by atoms with Crippen LogP contribution in [0.2, 0.25) is 0 Å². The summed E-state index contributed by atoms with van der Waals surface area (Å²) in [6, 6.07) is 0. The van der Waals surface area contributed by atoms with E-state index in [0.717, 1.165) is 70.6 Å². The van der Waals surface area contributed by atoms with Crippen LogP contribution in [0, 0.1) is 0 Å². The van der Waals surface area contributed by atoms with Crippen molar-refractivity contribution in [2.45, 2.75) is 161 Å². The van der Waals surface area contributed by atoms with Crippen molar-refractivity contribution in [3.8, 4) is 0 Å². The minimum atomic E-state index is -4.40. The standard InChI is InChI=1S/C48H82NO8P/c1-6-8-10-12-14-16-18-20-22-23-24-25-27-29-31-33-35-37-39-41-48(51)57-46(45-56-58(52,53)55-43-42-49(3,4)5)44-54-47(50)40-38-36-34-32-30-28-26-21-19-17-15-13-11-9-7-2/h8,10,14,16,20-22,24-26,29,31,35,37,46H,6-7,9,11-13,15,17-19,23,27-28,30,32-34,36,38-45H2,1-5H3/p+1/b10-8+,16-14+,22-20+,25-24+,26-21+,31-29+,37-35+. The van der Waals surface area contributed by atoms with Crippen LogP contribution in [0.15, 0.2) is 85.1 Å². The molecule has 0 rings (SSSR count). The van der Waals surface area contributed by atoms with Gasteiger partial charge in [-0.15, -0.1) is 0 Å². The Hall–Kier alpha value is -2.81. The van der Waals surface area contributed by atoms with Crippen molar-refractivity contribution in [2.75, 3.05) is 47.5 Å². The van der Waals surface area contributed by atoms with Crippen molar-refractivity contribution in [3.05, 3.63) is 85.1 Å². The van der Waals surface area contributed by atoms with Gasteiger partial charge in [-0.25, -0.2) is 4.57 Å². The van der Waals surface area contributed by atoms with Gasteiger partial charge in [0.05, 0.1) is 27.7 Å². The van der Waals surface area contributed by atoms with Crippen LogP contribution in [0.5, 0.6) is 0 Å². The van der Waals surface area contributed by atoms with Crippen molar-refractivity contribution < 1.29 is 42.1 Å². The minimum Gasteiger partial charge on any atom is -0.462 e. The van der Waals surface area contributed by atoms with E-state index in [4.69, 9.17) is 18.5 Å². The Morgan fingerprint density at radius 3 is 1.53 bits per heavy atom. The average molecular weight is 833 g/mol. The van der Waals surface area contributed by atoms with Gasteiger partial charge in [0.2, 0.25) is 0 Å². The first-order chi connectivity index (χ1) is 28.0. The second-order valence-electron chi connectivity index (χ2n) is 15.7. The van der Waals surface area contributed by atoms with Gasteiger partial charge in [0.1, 0.15) is 19.8 Å². The van der Waals surface area contributed by atoms with Gasteiger partial charge in [0.25, 0.3) is 0 Å². The largest absolute Gasteiger partial charge is 0.472 e. The smallest absolute Gasteiger partial charge is 0.462 e. The first kappa shape index (κ1) is 55.2. The van der Waals surface area contributed by atoms with Crippen molar-refractivity contribution >= 4 is 19.8 Å². The number of allylic oxidation sites excluding steroid dienone is 14. The molecular formula is C48H83NO8P+. The number of esters is 2. The summed E-state index contributed by atoms with van der Waals surface area (Å²) in [5.41, 5.74) is 0.